The van der Waals surface area contributed by atoms with Crippen LogP contribution in [0, 0.1) is 18.3 Å². The molecular formula is C15H13NO3S. The standard InChI is InChI=1S/C15H13NO3S/c1-12-5-7-15(8-6-12)19-20(17,18)11-14-4-2-3-13(9-14)10-16/h2-9H,11H2,1H3. The van der Waals surface area contributed by atoms with Crippen molar-refractivity contribution in [2.24, 2.45) is 0 Å². The van der Waals surface area contributed by atoms with Crippen molar-refractivity contribution in [3.63, 3.8) is 0 Å². The molecule has 0 unspecified atom stereocenters. The number of aryl methyl sites for hydroxylation is 1. The van der Waals surface area contributed by atoms with E-state index in [4.69, 9.17) is 9.44 Å². The summed E-state index contributed by atoms with van der Waals surface area (Å²) in [4.78, 5) is 0. The predicted octanol–water partition coefficient (Wildman–Crippen LogP) is 2.78. The summed E-state index contributed by atoms with van der Waals surface area (Å²) in [6.07, 6.45) is 0. The molecule has 102 valence electrons. The molecule has 2 aromatic rings. The number of hydrogen-bond donors (Lipinski definition) is 0. The zero-order chi connectivity index (χ0) is 14.6. The largest absolute Gasteiger partial charge is 0.382 e. The molecule has 0 aliphatic rings. The Bertz CT molecular complexity index is 743. The van der Waals surface area contributed by atoms with Crippen LogP contribution in [-0.2, 0) is 15.9 Å². The fourth-order valence-corrected chi connectivity index (χ4v) is 2.76. The van der Waals surface area contributed by atoms with Crippen molar-refractivity contribution >= 4 is 10.1 Å². The molecule has 0 amide bonds. The van der Waals surface area contributed by atoms with Gasteiger partial charge in [-0.1, -0.05) is 29.8 Å². The molecule has 0 heterocycles. The Morgan fingerprint density at radius 3 is 2.50 bits per heavy atom. The fraction of sp³-hybridized carbons (Fsp3) is 0.133. The average Bonchev–Trinajstić information content (AvgIpc) is 2.41. The smallest absolute Gasteiger partial charge is 0.313 e. The molecule has 2 aromatic carbocycles. The maximum absolute atomic E-state index is 11.9. The molecule has 0 saturated heterocycles. The highest BCUT2D eigenvalue weighted by Gasteiger charge is 2.14. The van der Waals surface area contributed by atoms with E-state index in [1.807, 2.05) is 13.0 Å². The third kappa shape index (κ3) is 3.84. The quantitative estimate of drug-likeness (QED) is 0.811. The van der Waals surface area contributed by atoms with Gasteiger partial charge in [0.1, 0.15) is 11.5 Å². The van der Waals surface area contributed by atoms with E-state index < -0.39 is 10.1 Å². The van der Waals surface area contributed by atoms with Gasteiger partial charge >= 0.3 is 10.1 Å². The molecule has 5 heteroatoms. The number of benzene rings is 2. The topological polar surface area (TPSA) is 67.2 Å². The van der Waals surface area contributed by atoms with E-state index in [1.54, 1.807) is 42.5 Å². The first-order valence-corrected chi connectivity index (χ1v) is 7.54. The monoisotopic (exact) mass is 287 g/mol. The fourth-order valence-electron chi connectivity index (χ4n) is 1.70. The Balaban J connectivity index is 2.15. The molecule has 0 saturated carbocycles. The van der Waals surface area contributed by atoms with E-state index in [-0.39, 0.29) is 11.5 Å². The van der Waals surface area contributed by atoms with E-state index in [1.165, 1.54) is 6.07 Å². The molecule has 0 spiro atoms. The van der Waals surface area contributed by atoms with Gasteiger partial charge in [0.25, 0.3) is 0 Å². The molecule has 4 nitrogen and oxygen atoms in total. The van der Waals surface area contributed by atoms with Crippen molar-refractivity contribution in [1.29, 1.82) is 5.26 Å². The summed E-state index contributed by atoms with van der Waals surface area (Å²) < 4.78 is 28.9. The second-order valence-electron chi connectivity index (χ2n) is 4.41. The molecular weight excluding hydrogens is 274 g/mol. The van der Waals surface area contributed by atoms with Crippen LogP contribution in [0.1, 0.15) is 16.7 Å². The molecule has 0 aromatic heterocycles. The summed E-state index contributed by atoms with van der Waals surface area (Å²) in [5.74, 6) is 0.0168. The van der Waals surface area contributed by atoms with E-state index >= 15 is 0 Å². The normalized spacial score (nSPS) is 10.8. The third-order valence-corrected chi connectivity index (χ3v) is 3.78. The lowest BCUT2D eigenvalue weighted by Gasteiger charge is -2.07. The summed E-state index contributed by atoms with van der Waals surface area (Å²) in [5, 5.41) is 8.79. The first-order chi connectivity index (χ1) is 9.48. The van der Waals surface area contributed by atoms with Gasteiger partial charge in [0.05, 0.1) is 11.6 Å². The van der Waals surface area contributed by atoms with Crippen molar-refractivity contribution in [3.8, 4) is 11.8 Å². The Hall–Kier alpha value is -2.32. The molecule has 0 aliphatic carbocycles. The Morgan fingerprint density at radius 1 is 1.15 bits per heavy atom. The highest BCUT2D eigenvalue weighted by molar-refractivity contribution is 7.86. The van der Waals surface area contributed by atoms with Crippen molar-refractivity contribution < 1.29 is 12.6 Å². The highest BCUT2D eigenvalue weighted by Crippen LogP contribution is 2.17. The molecule has 0 bridgehead atoms. The SMILES string of the molecule is Cc1ccc(OS(=O)(=O)Cc2cccc(C#N)c2)cc1. The number of nitriles is 1. The minimum atomic E-state index is -3.73. The van der Waals surface area contributed by atoms with Crippen LogP contribution >= 0.6 is 0 Å². The van der Waals surface area contributed by atoms with E-state index in [0.29, 0.717) is 11.1 Å². The van der Waals surface area contributed by atoms with Crippen LogP contribution in [0.15, 0.2) is 48.5 Å². The van der Waals surface area contributed by atoms with Crippen LogP contribution in [-0.4, -0.2) is 8.42 Å². The van der Waals surface area contributed by atoms with Crippen LogP contribution in [0.4, 0.5) is 0 Å². The van der Waals surface area contributed by atoms with Gasteiger partial charge in [-0.15, -0.1) is 0 Å². The summed E-state index contributed by atoms with van der Waals surface area (Å²) in [7, 11) is -3.73. The molecule has 0 radical (unpaired) electrons. The van der Waals surface area contributed by atoms with Gasteiger partial charge in [0.2, 0.25) is 0 Å². The summed E-state index contributed by atoms with van der Waals surface area (Å²) in [5.41, 5.74) is 1.97. The third-order valence-electron chi connectivity index (χ3n) is 2.64. The maximum atomic E-state index is 11.9. The predicted molar refractivity (Wildman–Crippen MR) is 75.6 cm³/mol. The van der Waals surface area contributed by atoms with Gasteiger partial charge in [-0.05, 0) is 36.8 Å². The second kappa shape index (κ2) is 5.76. The molecule has 0 atom stereocenters. The van der Waals surface area contributed by atoms with E-state index in [0.717, 1.165) is 5.56 Å². The van der Waals surface area contributed by atoms with Gasteiger partial charge in [-0.25, -0.2) is 0 Å². The zero-order valence-electron chi connectivity index (χ0n) is 10.9. The van der Waals surface area contributed by atoms with Crippen molar-refractivity contribution in [1.82, 2.24) is 0 Å². The van der Waals surface area contributed by atoms with Gasteiger partial charge in [0, 0.05) is 0 Å². The first-order valence-electron chi connectivity index (χ1n) is 5.96. The van der Waals surface area contributed by atoms with Crippen LogP contribution in [0.3, 0.4) is 0 Å². The highest BCUT2D eigenvalue weighted by atomic mass is 32.2. The minimum absolute atomic E-state index is 0.267. The Kier molecular flexibility index (Phi) is 4.06. The number of rotatable bonds is 4. The molecule has 20 heavy (non-hydrogen) atoms. The number of nitrogens with zero attached hydrogens (tertiary/aromatic N) is 1. The van der Waals surface area contributed by atoms with E-state index in [2.05, 4.69) is 0 Å². The maximum Gasteiger partial charge on any atom is 0.313 e. The van der Waals surface area contributed by atoms with Crippen molar-refractivity contribution in [2.45, 2.75) is 12.7 Å². The van der Waals surface area contributed by atoms with E-state index in [9.17, 15) is 8.42 Å². The Labute approximate surface area is 118 Å². The molecule has 2 rings (SSSR count). The first kappa shape index (κ1) is 14.1. The number of hydrogen-bond acceptors (Lipinski definition) is 4. The average molecular weight is 287 g/mol. The summed E-state index contributed by atoms with van der Waals surface area (Å²) in [6.45, 7) is 1.91. The van der Waals surface area contributed by atoms with Crippen LogP contribution in [0.2, 0.25) is 0 Å². The lowest BCUT2D eigenvalue weighted by molar-refractivity contribution is 0.485. The lowest BCUT2D eigenvalue weighted by atomic mass is 10.2. The lowest BCUT2D eigenvalue weighted by Crippen LogP contribution is -2.12. The van der Waals surface area contributed by atoms with Gasteiger partial charge in [0.15, 0.2) is 0 Å². The van der Waals surface area contributed by atoms with Crippen LogP contribution < -0.4 is 4.18 Å². The van der Waals surface area contributed by atoms with Crippen LogP contribution in [0.25, 0.3) is 0 Å². The summed E-state index contributed by atoms with van der Waals surface area (Å²) in [6, 6.07) is 15.2. The zero-order valence-corrected chi connectivity index (χ0v) is 11.7. The van der Waals surface area contributed by atoms with Crippen molar-refractivity contribution in [2.75, 3.05) is 0 Å². The molecule has 0 fully saturated rings. The van der Waals surface area contributed by atoms with Crippen LogP contribution in [0.5, 0.6) is 5.75 Å². The van der Waals surface area contributed by atoms with Crippen molar-refractivity contribution in [3.05, 3.63) is 65.2 Å². The molecule has 0 aliphatic heterocycles. The Morgan fingerprint density at radius 2 is 1.85 bits per heavy atom. The van der Waals surface area contributed by atoms with Gasteiger partial charge in [-0.3, -0.25) is 0 Å². The minimum Gasteiger partial charge on any atom is -0.382 e. The second-order valence-corrected chi connectivity index (χ2v) is 5.98. The molecule has 0 N–H and O–H groups in total. The van der Waals surface area contributed by atoms with Gasteiger partial charge in [-0.2, -0.15) is 13.7 Å². The summed E-state index contributed by atoms with van der Waals surface area (Å²) >= 11 is 0. The van der Waals surface area contributed by atoms with Gasteiger partial charge < -0.3 is 4.18 Å².